The summed E-state index contributed by atoms with van der Waals surface area (Å²) in [7, 11) is 0. The molecule has 4 heterocycles. The van der Waals surface area contributed by atoms with Gasteiger partial charge in [-0.15, -0.1) is 0 Å². The average molecular weight is 415 g/mol. The minimum Gasteiger partial charge on any atom is -0.368 e. The molecule has 1 amide bonds. The number of aryl methyl sites for hydroxylation is 1. The van der Waals surface area contributed by atoms with Gasteiger partial charge in [-0.05, 0) is 31.2 Å². The highest BCUT2D eigenvalue weighted by Gasteiger charge is 2.24. The molecule has 0 atom stereocenters. The van der Waals surface area contributed by atoms with E-state index < -0.39 is 0 Å². The largest absolute Gasteiger partial charge is 0.368 e. The first-order valence-corrected chi connectivity index (χ1v) is 10.1. The van der Waals surface area contributed by atoms with Gasteiger partial charge in [0.05, 0.1) is 0 Å². The zero-order chi connectivity index (χ0) is 21.2. The summed E-state index contributed by atoms with van der Waals surface area (Å²) >= 11 is 0. The number of carbonyl (C=O) groups excluding carboxylic acids is 1. The van der Waals surface area contributed by atoms with Gasteiger partial charge in [0.2, 0.25) is 0 Å². The third kappa shape index (κ3) is 3.89. The van der Waals surface area contributed by atoms with Gasteiger partial charge in [-0.1, -0.05) is 23.4 Å². The van der Waals surface area contributed by atoms with Crippen molar-refractivity contribution in [1.82, 2.24) is 29.6 Å². The minimum absolute atomic E-state index is 0.0739. The normalized spacial score (nSPS) is 14.1. The van der Waals surface area contributed by atoms with Crippen LogP contribution in [0.2, 0.25) is 0 Å². The first-order valence-electron chi connectivity index (χ1n) is 10.1. The van der Waals surface area contributed by atoms with Gasteiger partial charge in [0, 0.05) is 49.8 Å². The molecule has 1 saturated heterocycles. The number of para-hydroxylation sites is 1. The lowest BCUT2D eigenvalue weighted by Crippen LogP contribution is -2.48. The van der Waals surface area contributed by atoms with Gasteiger partial charge in [0.15, 0.2) is 5.82 Å². The van der Waals surface area contributed by atoms with Crippen LogP contribution in [0.3, 0.4) is 0 Å². The van der Waals surface area contributed by atoms with Crippen molar-refractivity contribution in [1.29, 1.82) is 0 Å². The molecule has 0 bridgehead atoms. The van der Waals surface area contributed by atoms with E-state index >= 15 is 0 Å². The van der Waals surface area contributed by atoms with Crippen molar-refractivity contribution >= 4 is 11.6 Å². The van der Waals surface area contributed by atoms with Gasteiger partial charge in [0.1, 0.15) is 17.8 Å². The highest BCUT2D eigenvalue weighted by atomic mass is 16.5. The summed E-state index contributed by atoms with van der Waals surface area (Å²) in [6, 6.07) is 13.9. The summed E-state index contributed by atoms with van der Waals surface area (Å²) in [5.74, 6) is 1.54. The Kier molecular flexibility index (Phi) is 4.91. The fourth-order valence-corrected chi connectivity index (χ4v) is 3.63. The molecule has 0 saturated carbocycles. The fourth-order valence-electron chi connectivity index (χ4n) is 3.63. The number of pyridine rings is 1. The van der Waals surface area contributed by atoms with E-state index in [9.17, 15) is 4.79 Å². The number of rotatable bonds is 4. The second kappa shape index (κ2) is 8.02. The molecule has 0 N–H and O–H groups in total. The van der Waals surface area contributed by atoms with Crippen molar-refractivity contribution < 1.29 is 9.32 Å². The number of aromatic nitrogens is 5. The lowest BCUT2D eigenvalue weighted by molar-refractivity contribution is 0.0741. The van der Waals surface area contributed by atoms with Crippen LogP contribution in [-0.2, 0) is 0 Å². The Morgan fingerprint density at radius 1 is 1.03 bits per heavy atom. The molecule has 5 rings (SSSR count). The van der Waals surface area contributed by atoms with Crippen LogP contribution in [0.1, 0.15) is 16.3 Å². The van der Waals surface area contributed by atoms with Crippen molar-refractivity contribution in [2.45, 2.75) is 6.92 Å². The molecule has 0 spiro atoms. The van der Waals surface area contributed by atoms with Gasteiger partial charge < -0.3 is 14.3 Å². The van der Waals surface area contributed by atoms with Gasteiger partial charge in [-0.2, -0.15) is 4.98 Å². The Bertz CT molecular complexity index is 1190. The summed E-state index contributed by atoms with van der Waals surface area (Å²) in [5.41, 5.74) is 2.33. The summed E-state index contributed by atoms with van der Waals surface area (Å²) in [6.45, 7) is 4.67. The maximum atomic E-state index is 13.0. The van der Waals surface area contributed by atoms with Crippen molar-refractivity contribution in [3.63, 3.8) is 0 Å². The van der Waals surface area contributed by atoms with Crippen molar-refractivity contribution in [3.8, 4) is 17.3 Å². The van der Waals surface area contributed by atoms with Crippen LogP contribution in [0.15, 0.2) is 65.7 Å². The number of piperazine rings is 1. The summed E-state index contributed by atoms with van der Waals surface area (Å²) < 4.78 is 6.95. The Balaban J connectivity index is 1.28. The van der Waals surface area contributed by atoms with Crippen LogP contribution < -0.4 is 4.90 Å². The lowest BCUT2D eigenvalue weighted by atomic mass is 10.2. The van der Waals surface area contributed by atoms with Crippen LogP contribution >= 0.6 is 0 Å². The highest BCUT2D eigenvalue weighted by molar-refractivity contribution is 5.92. The molecule has 1 aliphatic heterocycles. The number of imidazole rings is 1. The Morgan fingerprint density at radius 2 is 1.84 bits per heavy atom. The van der Waals surface area contributed by atoms with E-state index in [2.05, 4.69) is 37.1 Å². The number of hydrogen-bond donors (Lipinski definition) is 0. The molecule has 9 nitrogen and oxygen atoms in total. The van der Waals surface area contributed by atoms with E-state index in [0.717, 1.165) is 18.7 Å². The smallest absolute Gasteiger partial charge is 0.274 e. The van der Waals surface area contributed by atoms with E-state index in [1.54, 1.807) is 36.3 Å². The number of hydrogen-bond acceptors (Lipinski definition) is 7. The predicted molar refractivity (Wildman–Crippen MR) is 114 cm³/mol. The van der Waals surface area contributed by atoms with E-state index in [4.69, 9.17) is 4.52 Å². The minimum atomic E-state index is -0.0739. The van der Waals surface area contributed by atoms with Gasteiger partial charge in [0.25, 0.3) is 11.8 Å². The summed E-state index contributed by atoms with van der Waals surface area (Å²) in [5, 5.41) is 3.82. The second-order valence-electron chi connectivity index (χ2n) is 7.33. The molecule has 31 heavy (non-hydrogen) atoms. The number of benzene rings is 1. The van der Waals surface area contributed by atoms with Crippen LogP contribution in [0.5, 0.6) is 0 Å². The Morgan fingerprint density at radius 3 is 2.58 bits per heavy atom. The molecular weight excluding hydrogens is 394 g/mol. The van der Waals surface area contributed by atoms with Gasteiger partial charge >= 0.3 is 0 Å². The monoisotopic (exact) mass is 415 g/mol. The Hall–Kier alpha value is -4.01. The topological polar surface area (TPSA) is 93.2 Å². The third-order valence-electron chi connectivity index (χ3n) is 5.27. The molecule has 156 valence electrons. The van der Waals surface area contributed by atoms with Gasteiger partial charge in [-0.25, -0.2) is 9.97 Å². The van der Waals surface area contributed by atoms with E-state index in [1.165, 1.54) is 5.69 Å². The van der Waals surface area contributed by atoms with E-state index in [1.807, 2.05) is 29.2 Å². The molecule has 4 aromatic rings. The van der Waals surface area contributed by atoms with Crippen molar-refractivity contribution in [3.05, 3.63) is 72.7 Å². The fraction of sp³-hybridized carbons (Fsp3) is 0.227. The maximum Gasteiger partial charge on any atom is 0.274 e. The standard InChI is InChI=1S/C22H21N7O2/c1-16-25-21(31-26-16)17-7-8-23-20(13-17)29-14-19(24-15-29)22(30)28-11-9-27(10-12-28)18-5-3-2-4-6-18/h2-8,13-15H,9-12H2,1H3. The zero-order valence-corrected chi connectivity index (χ0v) is 17.0. The van der Waals surface area contributed by atoms with E-state index in [0.29, 0.717) is 36.3 Å². The van der Waals surface area contributed by atoms with E-state index in [-0.39, 0.29) is 5.91 Å². The zero-order valence-electron chi connectivity index (χ0n) is 17.0. The molecule has 1 aromatic carbocycles. The lowest BCUT2D eigenvalue weighted by Gasteiger charge is -2.35. The summed E-state index contributed by atoms with van der Waals surface area (Å²) in [4.78, 5) is 30.0. The maximum absolute atomic E-state index is 13.0. The van der Waals surface area contributed by atoms with Crippen molar-refractivity contribution in [2.75, 3.05) is 31.1 Å². The Labute approximate surface area is 179 Å². The number of amides is 1. The average Bonchev–Trinajstić information content (AvgIpc) is 3.49. The highest BCUT2D eigenvalue weighted by Crippen LogP contribution is 2.20. The van der Waals surface area contributed by atoms with Gasteiger partial charge in [-0.3, -0.25) is 9.36 Å². The first kappa shape index (κ1) is 19.0. The number of anilines is 1. The quantitative estimate of drug-likeness (QED) is 0.506. The van der Waals surface area contributed by atoms with Crippen LogP contribution in [-0.4, -0.2) is 61.7 Å². The number of carbonyl (C=O) groups is 1. The molecule has 1 aliphatic rings. The van der Waals surface area contributed by atoms with Crippen LogP contribution in [0.4, 0.5) is 5.69 Å². The third-order valence-corrected chi connectivity index (χ3v) is 5.27. The SMILES string of the molecule is Cc1noc(-c2ccnc(-n3cnc(C(=O)N4CCN(c5ccccc5)CC4)c3)c2)n1. The molecule has 0 unspecified atom stereocenters. The molecule has 9 heteroatoms. The number of nitrogens with zero attached hydrogens (tertiary/aromatic N) is 7. The van der Waals surface area contributed by atoms with Crippen LogP contribution in [0, 0.1) is 6.92 Å². The van der Waals surface area contributed by atoms with Crippen LogP contribution in [0.25, 0.3) is 17.3 Å². The molecule has 3 aromatic heterocycles. The first-order chi connectivity index (χ1) is 15.2. The second-order valence-corrected chi connectivity index (χ2v) is 7.33. The molecular formula is C22H21N7O2. The summed E-state index contributed by atoms with van der Waals surface area (Å²) in [6.07, 6.45) is 4.96. The predicted octanol–water partition coefficient (Wildman–Crippen LogP) is 2.59. The molecule has 0 aliphatic carbocycles. The molecule has 0 radical (unpaired) electrons. The van der Waals surface area contributed by atoms with Crippen molar-refractivity contribution in [2.24, 2.45) is 0 Å². The molecule has 1 fully saturated rings.